The van der Waals surface area contributed by atoms with E-state index in [-0.39, 0.29) is 29.9 Å². The van der Waals surface area contributed by atoms with E-state index in [1.807, 2.05) is 13.2 Å². The van der Waals surface area contributed by atoms with Crippen molar-refractivity contribution in [1.29, 1.82) is 0 Å². The van der Waals surface area contributed by atoms with Gasteiger partial charge in [-0.2, -0.15) is 4.31 Å². The van der Waals surface area contributed by atoms with Crippen molar-refractivity contribution in [2.45, 2.75) is 23.8 Å². The van der Waals surface area contributed by atoms with E-state index in [1.54, 1.807) is 23.9 Å². The van der Waals surface area contributed by atoms with Crippen molar-refractivity contribution in [3.8, 4) is 0 Å². The van der Waals surface area contributed by atoms with Gasteiger partial charge in [0.2, 0.25) is 10.0 Å². The summed E-state index contributed by atoms with van der Waals surface area (Å²) in [6.07, 6.45) is 3.48. The van der Waals surface area contributed by atoms with Crippen LogP contribution >= 0.6 is 0 Å². The van der Waals surface area contributed by atoms with Crippen LogP contribution in [0, 0.1) is 12.7 Å². The molecule has 0 unspecified atom stereocenters. The van der Waals surface area contributed by atoms with Crippen molar-refractivity contribution in [3.63, 3.8) is 0 Å². The number of sulfonamides is 1. The molecule has 1 fully saturated rings. The highest BCUT2D eigenvalue weighted by Gasteiger charge is 2.40. The molecule has 8 heteroatoms. The summed E-state index contributed by atoms with van der Waals surface area (Å²) in [7, 11) is -2.07. The lowest BCUT2D eigenvalue weighted by Crippen LogP contribution is -2.32. The second-order valence-corrected chi connectivity index (χ2v) is 7.90. The Kier molecular flexibility index (Phi) is 3.99. The van der Waals surface area contributed by atoms with Crippen LogP contribution < -0.4 is 5.73 Å². The second kappa shape index (κ2) is 5.70. The molecular weight excluding hydrogens is 319 g/mol. The first-order valence-corrected chi connectivity index (χ1v) is 8.73. The van der Waals surface area contributed by atoms with Crippen LogP contribution in [0.5, 0.6) is 0 Å². The number of aromatic nitrogens is 2. The first-order valence-electron chi connectivity index (χ1n) is 7.29. The Morgan fingerprint density at radius 1 is 1.35 bits per heavy atom. The fourth-order valence-electron chi connectivity index (χ4n) is 2.87. The summed E-state index contributed by atoms with van der Waals surface area (Å²) in [6, 6.07) is 3.70. The quantitative estimate of drug-likeness (QED) is 0.905. The zero-order valence-corrected chi connectivity index (χ0v) is 13.8. The number of hydrogen-bond donors (Lipinski definition) is 1. The van der Waals surface area contributed by atoms with Gasteiger partial charge < -0.3 is 10.3 Å². The van der Waals surface area contributed by atoms with Gasteiger partial charge in [-0.05, 0) is 24.6 Å². The Balaban J connectivity index is 1.91. The number of nitrogens with zero attached hydrogens (tertiary/aromatic N) is 3. The third-order valence-corrected chi connectivity index (χ3v) is 5.99. The summed E-state index contributed by atoms with van der Waals surface area (Å²) >= 11 is 0. The van der Waals surface area contributed by atoms with Crippen LogP contribution in [0.15, 0.2) is 35.6 Å². The second-order valence-electron chi connectivity index (χ2n) is 5.99. The SMILES string of the molecule is Cc1ccc(F)c(S(=O)(=O)N2C[C@@H](N)[C@H](c3cn(C)cn3)C2)c1. The number of aryl methyl sites for hydroxylation is 2. The van der Waals surface area contributed by atoms with Gasteiger partial charge >= 0.3 is 0 Å². The summed E-state index contributed by atoms with van der Waals surface area (Å²) < 4.78 is 42.5. The molecule has 3 rings (SSSR count). The molecule has 2 atom stereocenters. The molecule has 0 bridgehead atoms. The van der Waals surface area contributed by atoms with Crippen LogP contribution in [0.2, 0.25) is 0 Å². The van der Waals surface area contributed by atoms with Crippen molar-refractivity contribution in [2.24, 2.45) is 12.8 Å². The molecule has 1 aromatic heterocycles. The highest BCUT2D eigenvalue weighted by Crippen LogP contribution is 2.30. The summed E-state index contributed by atoms with van der Waals surface area (Å²) in [6.45, 7) is 2.08. The van der Waals surface area contributed by atoms with Gasteiger partial charge in [0, 0.05) is 38.3 Å². The minimum absolute atomic E-state index is 0.150. The zero-order chi connectivity index (χ0) is 16.8. The van der Waals surface area contributed by atoms with E-state index in [1.165, 1.54) is 16.4 Å². The van der Waals surface area contributed by atoms with Crippen molar-refractivity contribution < 1.29 is 12.8 Å². The third kappa shape index (κ3) is 2.89. The van der Waals surface area contributed by atoms with Crippen LogP contribution in [-0.2, 0) is 17.1 Å². The van der Waals surface area contributed by atoms with Gasteiger partial charge in [0.15, 0.2) is 0 Å². The zero-order valence-electron chi connectivity index (χ0n) is 13.0. The summed E-state index contributed by atoms with van der Waals surface area (Å²) in [5, 5.41) is 0. The molecule has 1 aliphatic rings. The monoisotopic (exact) mass is 338 g/mol. The van der Waals surface area contributed by atoms with Gasteiger partial charge in [-0.25, -0.2) is 17.8 Å². The van der Waals surface area contributed by atoms with Gasteiger partial charge in [-0.1, -0.05) is 6.07 Å². The molecule has 23 heavy (non-hydrogen) atoms. The average Bonchev–Trinajstić information content (AvgIpc) is 3.07. The average molecular weight is 338 g/mol. The van der Waals surface area contributed by atoms with Crippen LogP contribution in [0.25, 0.3) is 0 Å². The van der Waals surface area contributed by atoms with Crippen LogP contribution in [-0.4, -0.2) is 41.4 Å². The van der Waals surface area contributed by atoms with Crippen LogP contribution in [0.3, 0.4) is 0 Å². The Hall–Kier alpha value is -1.77. The molecule has 2 aromatic rings. The van der Waals surface area contributed by atoms with E-state index >= 15 is 0 Å². The molecule has 2 N–H and O–H groups in total. The molecule has 124 valence electrons. The lowest BCUT2D eigenvalue weighted by molar-refractivity contribution is 0.462. The van der Waals surface area contributed by atoms with Crippen LogP contribution in [0.1, 0.15) is 17.2 Å². The van der Waals surface area contributed by atoms with E-state index in [4.69, 9.17) is 5.73 Å². The third-order valence-electron chi connectivity index (χ3n) is 4.14. The Morgan fingerprint density at radius 2 is 2.09 bits per heavy atom. The minimum Gasteiger partial charge on any atom is -0.340 e. The van der Waals surface area contributed by atoms with E-state index < -0.39 is 15.8 Å². The first-order chi connectivity index (χ1) is 10.8. The first kappa shape index (κ1) is 16.1. The number of imidazole rings is 1. The number of hydrogen-bond acceptors (Lipinski definition) is 4. The molecule has 0 aliphatic carbocycles. The maximum Gasteiger partial charge on any atom is 0.246 e. The maximum absolute atomic E-state index is 14.0. The number of nitrogens with two attached hydrogens (primary N) is 1. The molecule has 0 amide bonds. The van der Waals surface area contributed by atoms with Crippen molar-refractivity contribution in [1.82, 2.24) is 13.9 Å². The fourth-order valence-corrected chi connectivity index (χ4v) is 4.53. The highest BCUT2D eigenvalue weighted by molar-refractivity contribution is 7.89. The Labute approximate surface area is 134 Å². The molecule has 0 radical (unpaired) electrons. The van der Waals surface area contributed by atoms with Gasteiger partial charge in [0.1, 0.15) is 10.7 Å². The molecule has 1 aliphatic heterocycles. The fraction of sp³-hybridized carbons (Fsp3) is 0.400. The summed E-state index contributed by atoms with van der Waals surface area (Å²) in [5.41, 5.74) is 7.55. The van der Waals surface area contributed by atoms with Crippen molar-refractivity contribution in [3.05, 3.63) is 47.8 Å². The predicted molar refractivity (Wildman–Crippen MR) is 83.8 cm³/mol. The molecule has 2 heterocycles. The summed E-state index contributed by atoms with van der Waals surface area (Å²) in [5.74, 6) is -0.940. The maximum atomic E-state index is 14.0. The van der Waals surface area contributed by atoms with E-state index in [0.29, 0.717) is 5.56 Å². The lowest BCUT2D eigenvalue weighted by Gasteiger charge is -2.17. The minimum atomic E-state index is -3.92. The lowest BCUT2D eigenvalue weighted by atomic mass is 10.0. The normalized spacial score (nSPS) is 22.6. The molecule has 1 saturated heterocycles. The molecule has 0 saturated carbocycles. The summed E-state index contributed by atoms with van der Waals surface area (Å²) in [4.78, 5) is 3.96. The standard InChI is InChI=1S/C15H19FN4O2S/c1-10-3-4-12(16)15(5-10)23(21,22)20-6-11(13(17)7-20)14-8-19(2)9-18-14/h3-5,8-9,11,13H,6-7,17H2,1-2H3/t11-,13-/m1/s1. The smallest absolute Gasteiger partial charge is 0.246 e. The van der Waals surface area contributed by atoms with Crippen molar-refractivity contribution in [2.75, 3.05) is 13.1 Å². The Bertz CT molecular complexity index is 834. The van der Waals surface area contributed by atoms with Gasteiger partial charge in [-0.15, -0.1) is 0 Å². The van der Waals surface area contributed by atoms with Gasteiger partial charge in [-0.3, -0.25) is 0 Å². The largest absolute Gasteiger partial charge is 0.340 e. The molecular formula is C15H19FN4O2S. The van der Waals surface area contributed by atoms with E-state index in [0.717, 1.165) is 5.69 Å². The molecule has 1 aromatic carbocycles. The Morgan fingerprint density at radius 3 is 2.74 bits per heavy atom. The molecule has 6 nitrogen and oxygen atoms in total. The molecule has 0 spiro atoms. The van der Waals surface area contributed by atoms with Crippen LogP contribution in [0.4, 0.5) is 4.39 Å². The van der Waals surface area contributed by atoms with Crippen molar-refractivity contribution >= 4 is 10.0 Å². The van der Waals surface area contributed by atoms with Gasteiger partial charge in [0.25, 0.3) is 0 Å². The van der Waals surface area contributed by atoms with E-state index in [9.17, 15) is 12.8 Å². The predicted octanol–water partition coefficient (Wildman–Crippen LogP) is 0.983. The number of benzene rings is 1. The topological polar surface area (TPSA) is 81.2 Å². The van der Waals surface area contributed by atoms with E-state index in [2.05, 4.69) is 4.98 Å². The number of rotatable bonds is 3. The highest BCUT2D eigenvalue weighted by atomic mass is 32.2. The van der Waals surface area contributed by atoms with Gasteiger partial charge in [0.05, 0.1) is 12.0 Å². The number of halogens is 1.